The molecule has 5 rings (SSSR count). The molecule has 0 radical (unpaired) electrons. The molecule has 2 aromatic heterocycles. The molecule has 0 spiro atoms. The van der Waals surface area contributed by atoms with Gasteiger partial charge in [-0.1, -0.05) is 35.6 Å². The molecule has 1 amide bonds. The number of benzene rings is 2. The smallest absolute Gasteiger partial charge is 0.291 e. The molecular formula is C21H13FN4O2S. The Hall–Kier alpha value is -3.65. The number of carbonyl (C=O) groups excluding carboxylic acids is 1. The molecule has 4 aromatic rings. The Bertz CT molecular complexity index is 1400. The van der Waals surface area contributed by atoms with E-state index in [4.69, 9.17) is 0 Å². The molecule has 3 heterocycles. The summed E-state index contributed by atoms with van der Waals surface area (Å²) in [6.45, 7) is 4.06. The number of anilines is 1. The van der Waals surface area contributed by atoms with Crippen LogP contribution in [0.4, 0.5) is 10.1 Å². The molecule has 0 saturated carbocycles. The molecule has 0 bridgehead atoms. The van der Waals surface area contributed by atoms with Crippen molar-refractivity contribution < 1.29 is 9.18 Å². The van der Waals surface area contributed by atoms with Crippen LogP contribution >= 0.6 is 11.3 Å². The van der Waals surface area contributed by atoms with Crippen LogP contribution in [0.5, 0.6) is 0 Å². The normalized spacial score (nSPS) is 15.2. The summed E-state index contributed by atoms with van der Waals surface area (Å²) in [6, 6.07) is 13.1. The van der Waals surface area contributed by atoms with Crippen molar-refractivity contribution in [2.75, 3.05) is 11.4 Å². The van der Waals surface area contributed by atoms with Gasteiger partial charge in [-0.25, -0.2) is 4.39 Å². The quantitative estimate of drug-likeness (QED) is 0.492. The molecule has 0 aliphatic carbocycles. The van der Waals surface area contributed by atoms with E-state index >= 15 is 0 Å². The first-order valence-corrected chi connectivity index (χ1v) is 9.62. The maximum Gasteiger partial charge on any atom is 0.291 e. The van der Waals surface area contributed by atoms with Crippen LogP contribution in [0.1, 0.15) is 5.56 Å². The third-order valence-electron chi connectivity index (χ3n) is 4.72. The van der Waals surface area contributed by atoms with Crippen LogP contribution < -0.4 is 15.0 Å². The summed E-state index contributed by atoms with van der Waals surface area (Å²) in [6.07, 6.45) is 1.65. The van der Waals surface area contributed by atoms with Crippen molar-refractivity contribution in [3.63, 3.8) is 0 Å². The number of hydrogen-bond donors (Lipinski definition) is 0. The SMILES string of the molecule is C=CCN1C(=O)C(=c2sc3nc(-c4ccc(F)cc4)nn3c2=O)c2ccccc21. The minimum atomic E-state index is -0.399. The van der Waals surface area contributed by atoms with Crippen LogP contribution in [0.3, 0.4) is 0 Å². The number of rotatable bonds is 3. The van der Waals surface area contributed by atoms with Crippen LogP contribution in [-0.2, 0) is 4.79 Å². The summed E-state index contributed by atoms with van der Waals surface area (Å²) in [5.41, 5.74) is 2.02. The molecule has 8 heteroatoms. The van der Waals surface area contributed by atoms with Gasteiger partial charge in [-0.05, 0) is 30.3 Å². The predicted molar refractivity (Wildman–Crippen MR) is 109 cm³/mol. The summed E-state index contributed by atoms with van der Waals surface area (Å²) in [7, 11) is 0. The van der Waals surface area contributed by atoms with Crippen LogP contribution in [0.2, 0.25) is 0 Å². The minimum Gasteiger partial charge on any atom is -0.304 e. The van der Waals surface area contributed by atoms with Crippen LogP contribution in [-0.4, -0.2) is 27.0 Å². The maximum absolute atomic E-state index is 13.1. The largest absolute Gasteiger partial charge is 0.304 e. The lowest BCUT2D eigenvalue weighted by Crippen LogP contribution is -2.32. The fourth-order valence-electron chi connectivity index (χ4n) is 3.42. The van der Waals surface area contributed by atoms with Gasteiger partial charge in [-0.2, -0.15) is 9.50 Å². The minimum absolute atomic E-state index is 0.244. The number of halogens is 1. The van der Waals surface area contributed by atoms with E-state index < -0.39 is 5.56 Å². The second-order valence-corrected chi connectivity index (χ2v) is 7.45. The second-order valence-electron chi connectivity index (χ2n) is 6.47. The van der Waals surface area contributed by atoms with Crippen molar-refractivity contribution in [2.24, 2.45) is 0 Å². The lowest BCUT2D eigenvalue weighted by molar-refractivity contribution is -0.112. The molecule has 0 saturated heterocycles. The molecule has 1 aliphatic heterocycles. The Morgan fingerprint density at radius 2 is 1.86 bits per heavy atom. The molecule has 142 valence electrons. The van der Waals surface area contributed by atoms with Gasteiger partial charge in [-0.15, -0.1) is 11.7 Å². The van der Waals surface area contributed by atoms with E-state index in [-0.39, 0.29) is 11.7 Å². The highest BCUT2D eigenvalue weighted by Crippen LogP contribution is 2.35. The van der Waals surface area contributed by atoms with Gasteiger partial charge in [-0.3, -0.25) is 9.59 Å². The first kappa shape index (κ1) is 17.4. The molecular weight excluding hydrogens is 391 g/mol. The average Bonchev–Trinajstić information content (AvgIpc) is 3.35. The number of amides is 1. The van der Waals surface area contributed by atoms with E-state index in [1.165, 1.54) is 16.6 Å². The number of aromatic nitrogens is 3. The van der Waals surface area contributed by atoms with Crippen molar-refractivity contribution >= 4 is 33.5 Å². The lowest BCUT2D eigenvalue weighted by atomic mass is 10.1. The van der Waals surface area contributed by atoms with E-state index in [0.717, 1.165) is 17.0 Å². The van der Waals surface area contributed by atoms with Crippen molar-refractivity contribution in [3.05, 3.63) is 87.5 Å². The van der Waals surface area contributed by atoms with Crippen LogP contribution in [0.25, 0.3) is 21.9 Å². The van der Waals surface area contributed by atoms with Gasteiger partial charge in [0.2, 0.25) is 4.96 Å². The van der Waals surface area contributed by atoms with E-state index in [2.05, 4.69) is 16.7 Å². The van der Waals surface area contributed by atoms with E-state index in [1.807, 2.05) is 24.3 Å². The third kappa shape index (κ3) is 2.60. The zero-order valence-electron chi connectivity index (χ0n) is 15.0. The van der Waals surface area contributed by atoms with Gasteiger partial charge in [0, 0.05) is 17.7 Å². The van der Waals surface area contributed by atoms with Gasteiger partial charge in [0.1, 0.15) is 10.3 Å². The highest BCUT2D eigenvalue weighted by Gasteiger charge is 2.33. The number of nitrogens with zero attached hydrogens (tertiary/aromatic N) is 4. The molecule has 0 unspecified atom stereocenters. The first-order chi connectivity index (χ1) is 14.1. The fourth-order valence-corrected chi connectivity index (χ4v) is 4.41. The molecule has 2 aromatic carbocycles. The van der Waals surface area contributed by atoms with Gasteiger partial charge in [0.05, 0.1) is 11.3 Å². The number of para-hydroxylation sites is 1. The number of carbonyl (C=O) groups is 1. The topological polar surface area (TPSA) is 67.6 Å². The molecule has 0 atom stereocenters. The monoisotopic (exact) mass is 404 g/mol. The Kier molecular flexibility index (Phi) is 3.88. The van der Waals surface area contributed by atoms with Gasteiger partial charge in [0.25, 0.3) is 11.5 Å². The Morgan fingerprint density at radius 3 is 2.59 bits per heavy atom. The standard InChI is InChI=1S/C21H13FN4O2S/c1-2-11-25-15-6-4-3-5-14(15)16(19(25)27)17-20(28)26-21(29-17)23-18(24-26)12-7-9-13(22)10-8-12/h2-10H,1,11H2. The first-order valence-electron chi connectivity index (χ1n) is 8.80. The van der Waals surface area contributed by atoms with Crippen molar-refractivity contribution in [2.45, 2.75) is 0 Å². The van der Waals surface area contributed by atoms with Crippen LogP contribution in [0, 0.1) is 5.82 Å². The summed E-state index contributed by atoms with van der Waals surface area (Å²) in [5.74, 6) is -0.275. The van der Waals surface area contributed by atoms with Crippen molar-refractivity contribution in [1.82, 2.24) is 14.6 Å². The summed E-state index contributed by atoms with van der Waals surface area (Å²) in [5, 5.41) is 4.27. The van der Waals surface area contributed by atoms with E-state index in [1.54, 1.807) is 23.1 Å². The van der Waals surface area contributed by atoms with Gasteiger partial charge < -0.3 is 4.90 Å². The molecule has 0 fully saturated rings. The molecule has 6 nitrogen and oxygen atoms in total. The maximum atomic E-state index is 13.1. The highest BCUT2D eigenvalue weighted by molar-refractivity contribution is 7.15. The lowest BCUT2D eigenvalue weighted by Gasteiger charge is -2.13. The average molecular weight is 404 g/mol. The van der Waals surface area contributed by atoms with Gasteiger partial charge in [0.15, 0.2) is 5.82 Å². The zero-order chi connectivity index (χ0) is 20.1. The number of fused-ring (bicyclic) bond motifs is 2. The summed E-state index contributed by atoms with van der Waals surface area (Å²) >= 11 is 1.12. The van der Waals surface area contributed by atoms with E-state index in [9.17, 15) is 14.0 Å². The van der Waals surface area contributed by atoms with E-state index in [0.29, 0.717) is 38.6 Å². The number of thiazole rings is 1. The van der Waals surface area contributed by atoms with Crippen LogP contribution in [0.15, 0.2) is 66.0 Å². The highest BCUT2D eigenvalue weighted by atomic mass is 32.1. The van der Waals surface area contributed by atoms with Crippen molar-refractivity contribution in [1.29, 1.82) is 0 Å². The fraction of sp³-hybridized carbons (Fsp3) is 0.0476. The Morgan fingerprint density at radius 1 is 1.10 bits per heavy atom. The Labute approximate surface area is 167 Å². The zero-order valence-corrected chi connectivity index (χ0v) is 15.8. The predicted octanol–water partition coefficient (Wildman–Crippen LogP) is 2.41. The van der Waals surface area contributed by atoms with Crippen molar-refractivity contribution in [3.8, 4) is 11.4 Å². The molecule has 1 aliphatic rings. The molecule has 0 N–H and O–H groups in total. The third-order valence-corrected chi connectivity index (χ3v) is 5.75. The van der Waals surface area contributed by atoms with Gasteiger partial charge >= 0.3 is 0 Å². The molecule has 29 heavy (non-hydrogen) atoms. The summed E-state index contributed by atoms with van der Waals surface area (Å²) in [4.78, 5) is 32.4. The second kappa shape index (κ2) is 6.46. The Balaban J connectivity index is 1.72. The summed E-state index contributed by atoms with van der Waals surface area (Å²) < 4.78 is 14.6. The number of hydrogen-bond acceptors (Lipinski definition) is 5.